The highest BCUT2D eigenvalue weighted by Gasteiger charge is 2.25. The molecule has 1 unspecified atom stereocenters. The molecule has 7 nitrogen and oxygen atoms in total. The summed E-state index contributed by atoms with van der Waals surface area (Å²) in [6.45, 7) is 11.1. The Morgan fingerprint density at radius 1 is 1.19 bits per heavy atom. The summed E-state index contributed by atoms with van der Waals surface area (Å²) in [5, 5.41) is 6.36. The van der Waals surface area contributed by atoms with Gasteiger partial charge >= 0.3 is 0 Å². The van der Waals surface area contributed by atoms with Gasteiger partial charge in [0.15, 0.2) is 5.96 Å². The number of nitrogens with zero attached hydrogens (tertiary/aromatic N) is 3. The summed E-state index contributed by atoms with van der Waals surface area (Å²) >= 11 is 0. The quantitative estimate of drug-likeness (QED) is 0.512. The van der Waals surface area contributed by atoms with Crippen LogP contribution in [0.4, 0.5) is 0 Å². The summed E-state index contributed by atoms with van der Waals surface area (Å²) in [5.41, 5.74) is 0. The Bertz CT molecular complexity index is 469. The van der Waals surface area contributed by atoms with Crippen molar-refractivity contribution in [2.75, 3.05) is 60.0 Å². The number of ether oxygens (including phenoxy) is 1. The number of carbonyl (C=O) groups excluding carboxylic acids is 1. The lowest BCUT2D eigenvalue weighted by Crippen LogP contribution is -2.52. The lowest BCUT2D eigenvalue weighted by Gasteiger charge is -2.38. The standard InChI is InChI=1S/C20H39N5O2/c1-16(2)13-18(24-9-11-27-12-10-24)15-23-20(22-4)25-7-5-17(6-8-25)14-19(26)21-3/h16-18H,5-15H2,1-4H3,(H,21,26)(H,22,23). The van der Waals surface area contributed by atoms with Gasteiger partial charge in [0.2, 0.25) is 5.91 Å². The average Bonchev–Trinajstić information content (AvgIpc) is 2.69. The first-order valence-corrected chi connectivity index (χ1v) is 10.5. The summed E-state index contributed by atoms with van der Waals surface area (Å²) in [5.74, 6) is 2.30. The second-order valence-corrected chi connectivity index (χ2v) is 8.17. The van der Waals surface area contributed by atoms with Gasteiger partial charge in [-0.25, -0.2) is 0 Å². The summed E-state index contributed by atoms with van der Waals surface area (Å²) in [6, 6.07) is 0.511. The predicted molar refractivity (Wildman–Crippen MR) is 110 cm³/mol. The van der Waals surface area contributed by atoms with E-state index in [4.69, 9.17) is 4.74 Å². The van der Waals surface area contributed by atoms with E-state index >= 15 is 0 Å². The van der Waals surface area contributed by atoms with Gasteiger partial charge in [0, 0.05) is 59.3 Å². The molecule has 27 heavy (non-hydrogen) atoms. The van der Waals surface area contributed by atoms with Crippen LogP contribution in [0.25, 0.3) is 0 Å². The Morgan fingerprint density at radius 2 is 1.85 bits per heavy atom. The van der Waals surface area contributed by atoms with Crippen molar-refractivity contribution in [2.24, 2.45) is 16.8 Å². The number of nitrogens with one attached hydrogen (secondary N) is 2. The van der Waals surface area contributed by atoms with Crippen LogP contribution in [0.2, 0.25) is 0 Å². The van der Waals surface area contributed by atoms with Gasteiger partial charge in [0.05, 0.1) is 13.2 Å². The molecule has 156 valence electrons. The molecule has 2 heterocycles. The second kappa shape index (κ2) is 11.5. The highest BCUT2D eigenvalue weighted by atomic mass is 16.5. The van der Waals surface area contributed by atoms with Gasteiger partial charge in [-0.15, -0.1) is 0 Å². The fraction of sp³-hybridized carbons (Fsp3) is 0.900. The third kappa shape index (κ3) is 7.30. The SMILES string of the molecule is CN=C(NCC(CC(C)C)N1CCOCC1)N1CCC(CC(=O)NC)CC1. The van der Waals surface area contributed by atoms with Crippen molar-refractivity contribution in [1.82, 2.24) is 20.4 Å². The first kappa shape index (κ1) is 22.0. The van der Waals surface area contributed by atoms with E-state index in [0.29, 0.717) is 24.3 Å². The lowest BCUT2D eigenvalue weighted by molar-refractivity contribution is -0.121. The van der Waals surface area contributed by atoms with Crippen molar-refractivity contribution in [3.63, 3.8) is 0 Å². The molecule has 0 spiro atoms. The highest BCUT2D eigenvalue weighted by Crippen LogP contribution is 2.20. The fourth-order valence-corrected chi connectivity index (χ4v) is 4.10. The smallest absolute Gasteiger partial charge is 0.220 e. The van der Waals surface area contributed by atoms with Crippen molar-refractivity contribution in [3.05, 3.63) is 0 Å². The third-order valence-electron chi connectivity index (χ3n) is 5.68. The van der Waals surface area contributed by atoms with Gasteiger partial charge in [-0.3, -0.25) is 14.7 Å². The summed E-state index contributed by atoms with van der Waals surface area (Å²) in [6.07, 6.45) is 3.92. The van der Waals surface area contributed by atoms with Gasteiger partial charge in [-0.2, -0.15) is 0 Å². The van der Waals surface area contributed by atoms with Crippen LogP contribution in [0, 0.1) is 11.8 Å². The second-order valence-electron chi connectivity index (χ2n) is 8.17. The minimum absolute atomic E-state index is 0.151. The molecule has 1 atom stereocenters. The van der Waals surface area contributed by atoms with Crippen LogP contribution >= 0.6 is 0 Å². The Kier molecular flexibility index (Phi) is 9.34. The van der Waals surface area contributed by atoms with Crippen LogP contribution < -0.4 is 10.6 Å². The monoisotopic (exact) mass is 381 g/mol. The largest absolute Gasteiger partial charge is 0.379 e. The van der Waals surface area contributed by atoms with Crippen molar-refractivity contribution in [1.29, 1.82) is 0 Å². The van der Waals surface area contributed by atoms with E-state index in [1.165, 1.54) is 6.42 Å². The molecule has 7 heteroatoms. The maximum atomic E-state index is 11.6. The number of piperidine rings is 1. The molecule has 2 N–H and O–H groups in total. The fourth-order valence-electron chi connectivity index (χ4n) is 4.10. The molecule has 2 aliphatic rings. The molecular weight excluding hydrogens is 342 g/mol. The number of guanidine groups is 1. The van der Waals surface area contributed by atoms with Crippen molar-refractivity contribution in [3.8, 4) is 0 Å². The molecule has 2 saturated heterocycles. The van der Waals surface area contributed by atoms with E-state index in [1.807, 2.05) is 7.05 Å². The van der Waals surface area contributed by atoms with E-state index in [-0.39, 0.29) is 5.91 Å². The van der Waals surface area contributed by atoms with Gasteiger partial charge in [-0.1, -0.05) is 13.8 Å². The van der Waals surface area contributed by atoms with Crippen LogP contribution in [0.5, 0.6) is 0 Å². The van der Waals surface area contributed by atoms with Crippen LogP contribution in [0.1, 0.15) is 39.5 Å². The molecule has 2 fully saturated rings. The number of hydrogen-bond acceptors (Lipinski definition) is 4. The Hall–Kier alpha value is -1.34. The number of rotatable bonds is 7. The Morgan fingerprint density at radius 3 is 2.41 bits per heavy atom. The van der Waals surface area contributed by atoms with Gasteiger partial charge < -0.3 is 20.3 Å². The molecule has 0 aliphatic carbocycles. The third-order valence-corrected chi connectivity index (χ3v) is 5.68. The molecular formula is C20H39N5O2. The Balaban J connectivity index is 1.83. The zero-order valence-electron chi connectivity index (χ0n) is 17.7. The molecule has 0 radical (unpaired) electrons. The molecule has 0 aromatic heterocycles. The first-order chi connectivity index (χ1) is 13.0. The number of carbonyl (C=O) groups is 1. The van der Waals surface area contributed by atoms with Crippen LogP contribution in [-0.4, -0.2) is 87.7 Å². The molecule has 2 rings (SSSR count). The van der Waals surface area contributed by atoms with E-state index < -0.39 is 0 Å². The number of amides is 1. The average molecular weight is 382 g/mol. The molecule has 0 saturated carbocycles. The zero-order valence-corrected chi connectivity index (χ0v) is 17.7. The first-order valence-electron chi connectivity index (χ1n) is 10.5. The highest BCUT2D eigenvalue weighted by molar-refractivity contribution is 5.80. The van der Waals surface area contributed by atoms with Crippen molar-refractivity contribution in [2.45, 2.75) is 45.6 Å². The van der Waals surface area contributed by atoms with Crippen molar-refractivity contribution < 1.29 is 9.53 Å². The minimum atomic E-state index is 0.151. The zero-order chi connectivity index (χ0) is 19.6. The molecule has 0 bridgehead atoms. The van der Waals surface area contributed by atoms with E-state index in [2.05, 4.69) is 39.3 Å². The van der Waals surface area contributed by atoms with Crippen molar-refractivity contribution >= 4 is 11.9 Å². The maximum Gasteiger partial charge on any atom is 0.220 e. The van der Waals surface area contributed by atoms with Gasteiger partial charge in [0.1, 0.15) is 0 Å². The number of morpholine rings is 1. The summed E-state index contributed by atoms with van der Waals surface area (Å²) in [4.78, 5) is 21.0. The van der Waals surface area contributed by atoms with Crippen LogP contribution in [0.15, 0.2) is 4.99 Å². The van der Waals surface area contributed by atoms with Gasteiger partial charge in [-0.05, 0) is 31.1 Å². The van der Waals surface area contributed by atoms with E-state index in [9.17, 15) is 4.79 Å². The maximum absolute atomic E-state index is 11.6. The predicted octanol–water partition coefficient (Wildman–Crippen LogP) is 1.16. The van der Waals surface area contributed by atoms with Crippen LogP contribution in [-0.2, 0) is 9.53 Å². The van der Waals surface area contributed by atoms with E-state index in [0.717, 1.165) is 64.7 Å². The summed E-state index contributed by atoms with van der Waals surface area (Å²) in [7, 11) is 3.58. The topological polar surface area (TPSA) is 69.2 Å². The van der Waals surface area contributed by atoms with E-state index in [1.54, 1.807) is 7.05 Å². The van der Waals surface area contributed by atoms with Gasteiger partial charge in [0.25, 0.3) is 0 Å². The van der Waals surface area contributed by atoms with Crippen LogP contribution in [0.3, 0.4) is 0 Å². The molecule has 0 aromatic carbocycles. The lowest BCUT2D eigenvalue weighted by atomic mass is 9.93. The Labute approximate surface area is 164 Å². The number of hydrogen-bond donors (Lipinski definition) is 2. The number of likely N-dealkylation sites (tertiary alicyclic amines) is 1. The minimum Gasteiger partial charge on any atom is -0.379 e. The summed E-state index contributed by atoms with van der Waals surface area (Å²) < 4.78 is 5.52. The molecule has 1 amide bonds. The normalized spacial score (nSPS) is 21.4. The molecule has 2 aliphatic heterocycles. The number of aliphatic imine (C=N–C) groups is 1. The molecule has 0 aromatic rings.